The molecule has 1 aromatic rings. The second-order valence-electron chi connectivity index (χ2n) is 11.6. The first-order chi connectivity index (χ1) is 20.9. The van der Waals surface area contributed by atoms with Crippen molar-refractivity contribution in [2.45, 2.75) is 121 Å². The third kappa shape index (κ3) is 22.7. The van der Waals surface area contributed by atoms with Crippen LogP contribution in [0.15, 0.2) is 18.2 Å². The fraction of sp³-hybridized carbons (Fsp3) is 0.684. The molecule has 2 rings (SSSR count). The van der Waals surface area contributed by atoms with Gasteiger partial charge in [0.15, 0.2) is 12.1 Å². The fourth-order valence-corrected chi connectivity index (χ4v) is 4.32. The number of carbonyl (C=O) groups is 4. The third-order valence-electron chi connectivity index (χ3n) is 7.20. The van der Waals surface area contributed by atoms with Crippen LogP contribution in [0.2, 0.25) is 0 Å². The molecule has 0 amide bonds. The number of benzene rings is 1. The van der Waals surface area contributed by atoms with E-state index in [2.05, 4.69) is 50.5 Å². The Hall–Kier alpha value is -2.78. The molecule has 0 spiro atoms. The summed E-state index contributed by atoms with van der Waals surface area (Å²) in [4.78, 5) is 47.4. The first kappa shape index (κ1) is 45.6. The second-order valence-corrected chi connectivity index (χ2v) is 11.6. The highest BCUT2D eigenvalue weighted by Crippen LogP contribution is 2.21. The van der Waals surface area contributed by atoms with Crippen molar-refractivity contribution in [2.24, 2.45) is 17.8 Å². The quantitative estimate of drug-likeness (QED) is 0.125. The number of hydrogen-bond donors (Lipinski definition) is 0. The lowest BCUT2D eigenvalue weighted by molar-refractivity contribution is -0.122. The van der Waals surface area contributed by atoms with Gasteiger partial charge in [-0.05, 0) is 82.8 Å². The largest absolute Gasteiger partial charge is 0.371 e. The van der Waals surface area contributed by atoms with Gasteiger partial charge in [0.2, 0.25) is 0 Å². The van der Waals surface area contributed by atoms with Crippen LogP contribution in [0.5, 0.6) is 0 Å². The molecule has 1 aromatic carbocycles. The topological polar surface area (TPSA) is 74.8 Å². The molecule has 1 heterocycles. The van der Waals surface area contributed by atoms with Crippen molar-refractivity contribution in [2.75, 3.05) is 38.1 Å². The monoisotopic (exact) mass is 615 g/mol. The summed E-state index contributed by atoms with van der Waals surface area (Å²) < 4.78 is 0. The molecule has 0 atom stereocenters. The van der Waals surface area contributed by atoms with Gasteiger partial charge in [0.25, 0.3) is 0 Å². The molecule has 1 aliphatic heterocycles. The van der Waals surface area contributed by atoms with Crippen LogP contribution in [0.4, 0.5) is 5.69 Å². The predicted molar refractivity (Wildman–Crippen MR) is 190 cm³/mol. The Balaban J connectivity index is -0.000000585. The number of terminal acetylenes is 1. The number of nitrogens with zero attached hydrogens (tertiary/aromatic N) is 2. The molecule has 1 fully saturated rings. The summed E-state index contributed by atoms with van der Waals surface area (Å²) in [7, 11) is 2.21. The maximum Gasteiger partial charge on any atom is 0.163 e. The molecule has 44 heavy (non-hydrogen) atoms. The van der Waals surface area contributed by atoms with E-state index in [4.69, 9.17) is 11.2 Å². The van der Waals surface area contributed by atoms with Gasteiger partial charge in [-0.3, -0.25) is 14.4 Å². The van der Waals surface area contributed by atoms with E-state index < -0.39 is 0 Å². The van der Waals surface area contributed by atoms with E-state index in [0.29, 0.717) is 35.7 Å². The zero-order chi connectivity index (χ0) is 34.5. The molecule has 252 valence electrons. The van der Waals surface area contributed by atoms with Gasteiger partial charge in [-0.15, -0.1) is 12.3 Å². The summed E-state index contributed by atoms with van der Waals surface area (Å²) in [5.41, 5.74) is 1.90. The van der Waals surface area contributed by atoms with Crippen LogP contribution in [0.1, 0.15) is 141 Å². The molecule has 6 nitrogen and oxygen atoms in total. The number of piperidine rings is 1. The number of rotatable bonds is 13. The fourth-order valence-electron chi connectivity index (χ4n) is 4.32. The zero-order valence-electron chi connectivity index (χ0n) is 30.2. The maximum atomic E-state index is 11.8. The minimum atomic E-state index is -0.00989. The average molecular weight is 615 g/mol. The predicted octanol–water partition coefficient (Wildman–Crippen LogP) is 8.95. The van der Waals surface area contributed by atoms with E-state index in [1.807, 2.05) is 33.8 Å². The van der Waals surface area contributed by atoms with E-state index in [9.17, 15) is 14.4 Å². The molecule has 6 heteroatoms. The van der Waals surface area contributed by atoms with E-state index in [0.717, 1.165) is 56.5 Å². The van der Waals surface area contributed by atoms with Crippen molar-refractivity contribution in [3.8, 4) is 12.3 Å². The second kappa shape index (κ2) is 30.3. The summed E-state index contributed by atoms with van der Waals surface area (Å²) in [5.74, 6) is 4.92. The molecule has 0 saturated carbocycles. The summed E-state index contributed by atoms with van der Waals surface area (Å²) in [6, 6.07) is 5.41. The van der Waals surface area contributed by atoms with Crippen LogP contribution in [0, 0.1) is 30.1 Å². The Kier molecular flexibility index (Phi) is 31.4. The number of anilines is 1. The van der Waals surface area contributed by atoms with Crippen molar-refractivity contribution in [3.63, 3.8) is 0 Å². The van der Waals surface area contributed by atoms with Crippen LogP contribution in [-0.2, 0) is 9.59 Å². The molecule has 1 aliphatic rings. The van der Waals surface area contributed by atoms with Gasteiger partial charge in [-0.2, -0.15) is 0 Å². The summed E-state index contributed by atoms with van der Waals surface area (Å²) in [6.07, 6.45) is 14.9. The van der Waals surface area contributed by atoms with Crippen LogP contribution < -0.4 is 4.90 Å². The van der Waals surface area contributed by atoms with Crippen molar-refractivity contribution in [1.82, 2.24) is 4.90 Å². The highest BCUT2D eigenvalue weighted by atomic mass is 16.1. The molecule has 0 aromatic heterocycles. The normalized spacial score (nSPS) is 12.5. The highest BCUT2D eigenvalue weighted by molar-refractivity contribution is 6.03. The first-order valence-corrected chi connectivity index (χ1v) is 16.9. The average Bonchev–Trinajstić information content (AvgIpc) is 3.03. The smallest absolute Gasteiger partial charge is 0.163 e. The SMILES string of the molecule is C#CCCN(CCC)c1ccc(C(=O)CC)c(C=O)c1.CC.CC(C)CCC(=O)C(C)C.CC=O.CCC1CCN(C)CC1. The number of Topliss-reactive ketones (excluding diaryl/α,β-unsaturated/α-hetero) is 2. The summed E-state index contributed by atoms with van der Waals surface area (Å²) in [6.45, 7) is 24.1. The molecular weight excluding hydrogens is 548 g/mol. The van der Waals surface area contributed by atoms with E-state index in [-0.39, 0.29) is 11.7 Å². The van der Waals surface area contributed by atoms with Gasteiger partial charge in [-0.1, -0.05) is 68.7 Å². The maximum absolute atomic E-state index is 11.8. The van der Waals surface area contributed by atoms with Crippen molar-refractivity contribution in [1.29, 1.82) is 0 Å². The zero-order valence-corrected chi connectivity index (χ0v) is 30.2. The molecule has 0 aliphatic carbocycles. The minimum absolute atomic E-state index is 0.00989. The van der Waals surface area contributed by atoms with Crippen molar-refractivity contribution in [3.05, 3.63) is 29.3 Å². The lowest BCUT2D eigenvalue weighted by atomic mass is 9.95. The Morgan fingerprint density at radius 3 is 2.02 bits per heavy atom. The van der Waals surface area contributed by atoms with Crippen molar-refractivity contribution < 1.29 is 19.2 Å². The number of aldehydes is 2. The van der Waals surface area contributed by atoms with Crippen molar-refractivity contribution >= 4 is 29.8 Å². The standard InChI is InChI=1S/C17H21NO2.C9H18O.C8H17N.C2H4O.C2H6/c1-4-7-11-18(10-5-2)15-8-9-16(17(20)6-3)14(12-15)13-19;1-7(2)5-6-9(10)8(3)4;1-3-8-4-6-9(2)7-5-8;1-2-3;1-2/h1,8-9,12-13H,5-7,10-11H2,2-3H3;7-8H,5-6H2,1-4H3;8H,3-7H2,1-2H3;2H,1H3;1-2H3. The number of carbonyl (C=O) groups excluding carboxylic acids is 4. The Morgan fingerprint density at radius 2 is 1.61 bits per heavy atom. The van der Waals surface area contributed by atoms with E-state index >= 15 is 0 Å². The number of likely N-dealkylation sites (tertiary alicyclic amines) is 1. The van der Waals surface area contributed by atoms with Crippen LogP contribution >= 0.6 is 0 Å². The number of ketones is 2. The molecular formula is C38H66N2O4. The van der Waals surface area contributed by atoms with Gasteiger partial charge in [0.1, 0.15) is 12.1 Å². The van der Waals surface area contributed by atoms with Crippen LogP contribution in [-0.4, -0.2) is 62.3 Å². The molecule has 0 N–H and O–H groups in total. The Labute approximate surface area is 271 Å². The van der Waals surface area contributed by atoms with Gasteiger partial charge in [0.05, 0.1) is 0 Å². The third-order valence-corrected chi connectivity index (χ3v) is 7.20. The lowest BCUT2D eigenvalue weighted by Crippen LogP contribution is -2.29. The Bertz CT molecular complexity index is 925. The van der Waals surface area contributed by atoms with E-state index in [1.54, 1.807) is 19.1 Å². The van der Waals surface area contributed by atoms with Crippen LogP contribution in [0.3, 0.4) is 0 Å². The summed E-state index contributed by atoms with van der Waals surface area (Å²) in [5, 5.41) is 0. The molecule has 0 unspecified atom stereocenters. The van der Waals surface area contributed by atoms with E-state index in [1.165, 1.54) is 39.3 Å². The van der Waals surface area contributed by atoms with Gasteiger partial charge >= 0.3 is 0 Å². The van der Waals surface area contributed by atoms with Crippen LogP contribution in [0.25, 0.3) is 0 Å². The van der Waals surface area contributed by atoms with Gasteiger partial charge < -0.3 is 14.6 Å². The number of hydrogen-bond acceptors (Lipinski definition) is 6. The van der Waals surface area contributed by atoms with Gasteiger partial charge in [0, 0.05) is 55.1 Å². The van der Waals surface area contributed by atoms with Gasteiger partial charge in [-0.25, -0.2) is 0 Å². The molecule has 0 radical (unpaired) electrons. The lowest BCUT2D eigenvalue weighted by Gasteiger charge is -2.27. The summed E-state index contributed by atoms with van der Waals surface area (Å²) >= 11 is 0. The molecule has 0 bridgehead atoms. The Morgan fingerprint density at radius 1 is 1.05 bits per heavy atom. The highest BCUT2D eigenvalue weighted by Gasteiger charge is 2.14. The first-order valence-electron chi connectivity index (χ1n) is 16.9. The minimum Gasteiger partial charge on any atom is -0.371 e. The molecule has 1 saturated heterocycles.